The molecule has 0 aliphatic carbocycles. The summed E-state index contributed by atoms with van der Waals surface area (Å²) in [4.78, 5) is 0. The molecule has 0 nitrogen and oxygen atoms in total. The van der Waals surface area contributed by atoms with Crippen molar-refractivity contribution in [2.45, 2.75) is 10.5 Å². The van der Waals surface area contributed by atoms with Gasteiger partial charge in [0.1, 0.15) is 0 Å². The van der Waals surface area contributed by atoms with Gasteiger partial charge in [-0.15, -0.1) is 0 Å². The highest BCUT2D eigenvalue weighted by atomic mass is 32.2. The van der Waals surface area contributed by atoms with Crippen LogP contribution in [0.25, 0.3) is 0 Å². The summed E-state index contributed by atoms with van der Waals surface area (Å²) in [7, 11) is 0. The Bertz CT molecular complexity index is 206. The topological polar surface area (TPSA) is 0 Å². The van der Waals surface area contributed by atoms with Crippen molar-refractivity contribution >= 4 is 25.3 Å². The normalized spacial score (nSPS) is 13.5. The first kappa shape index (κ1) is 9.01. The molecule has 1 atom stereocenters. The highest BCUT2D eigenvalue weighted by molar-refractivity contribution is 7.99. The van der Waals surface area contributed by atoms with Crippen molar-refractivity contribution in [3.05, 3.63) is 42.8 Å². The third-order valence-corrected chi connectivity index (χ3v) is 2.31. The van der Waals surface area contributed by atoms with Crippen LogP contribution in [0.3, 0.4) is 0 Å². The summed E-state index contributed by atoms with van der Waals surface area (Å²) in [6.07, 6.45) is 0. The van der Waals surface area contributed by atoms with Gasteiger partial charge in [-0.1, -0.05) is 30.3 Å². The van der Waals surface area contributed by atoms with Crippen LogP contribution < -0.4 is 0 Å². The summed E-state index contributed by atoms with van der Waals surface area (Å²) >= 11 is 8.41. The Balaban J connectivity index is 2.77. The minimum Gasteiger partial charge on any atom is -0.165 e. The van der Waals surface area contributed by atoms with E-state index in [9.17, 15) is 0 Å². The smallest absolute Gasteiger partial charge is 0.0510 e. The van der Waals surface area contributed by atoms with Gasteiger partial charge in [-0.25, -0.2) is 0 Å². The first-order valence-electron chi connectivity index (χ1n) is 3.46. The Labute approximate surface area is 78.8 Å². The van der Waals surface area contributed by atoms with Gasteiger partial charge in [-0.2, -0.15) is 25.3 Å². The van der Waals surface area contributed by atoms with Gasteiger partial charge in [0.2, 0.25) is 0 Å². The van der Waals surface area contributed by atoms with Crippen molar-refractivity contribution in [1.82, 2.24) is 0 Å². The number of thiol groups is 2. The van der Waals surface area contributed by atoms with Crippen LogP contribution in [0.2, 0.25) is 0 Å². The predicted octanol–water partition coefficient (Wildman–Crippen LogP) is 2.79. The fourth-order valence-corrected chi connectivity index (χ4v) is 1.22. The largest absolute Gasteiger partial charge is 0.165 e. The molecule has 0 heterocycles. The number of rotatable bonds is 2. The van der Waals surface area contributed by atoms with Gasteiger partial charge in [0, 0.05) is 5.92 Å². The summed E-state index contributed by atoms with van der Waals surface area (Å²) in [6.45, 7) is 3.96. The maximum atomic E-state index is 4.21. The Morgan fingerprint density at radius 3 is 2.09 bits per heavy atom. The second-order valence-electron chi connectivity index (χ2n) is 2.43. The highest BCUT2D eigenvalue weighted by Crippen LogP contribution is 2.24. The van der Waals surface area contributed by atoms with Crippen LogP contribution in [-0.2, 0) is 0 Å². The van der Waals surface area contributed by atoms with Crippen LogP contribution in [0.5, 0.6) is 0 Å². The van der Waals surface area contributed by atoms with E-state index < -0.39 is 0 Å². The molecule has 0 fully saturated rings. The molecule has 11 heavy (non-hydrogen) atoms. The molecule has 1 aromatic carbocycles. The second-order valence-corrected chi connectivity index (χ2v) is 3.95. The van der Waals surface area contributed by atoms with Crippen LogP contribution in [0, 0.1) is 6.92 Å². The molecule has 1 unspecified atom stereocenters. The van der Waals surface area contributed by atoms with E-state index >= 15 is 0 Å². The van der Waals surface area contributed by atoms with Crippen molar-refractivity contribution in [3.63, 3.8) is 0 Å². The van der Waals surface area contributed by atoms with E-state index in [4.69, 9.17) is 0 Å². The molecule has 0 saturated carbocycles. The standard InChI is InChI=1S/C9H11S2/c1-7(9(10)11)8-5-3-2-4-6-8/h2-7,9-11H,1H2. The predicted molar refractivity (Wildman–Crippen MR) is 56.3 cm³/mol. The Kier molecular flexibility index (Phi) is 3.34. The van der Waals surface area contributed by atoms with Crippen molar-refractivity contribution in [3.8, 4) is 0 Å². The molecule has 0 amide bonds. The lowest BCUT2D eigenvalue weighted by molar-refractivity contribution is 0.949. The monoisotopic (exact) mass is 183 g/mol. The third-order valence-electron chi connectivity index (χ3n) is 1.59. The Morgan fingerprint density at radius 1 is 1.09 bits per heavy atom. The van der Waals surface area contributed by atoms with E-state index in [2.05, 4.69) is 32.2 Å². The summed E-state index contributed by atoms with van der Waals surface area (Å²) in [5.41, 5.74) is 1.18. The molecule has 1 rings (SSSR count). The van der Waals surface area contributed by atoms with Gasteiger partial charge in [-0.3, -0.25) is 0 Å². The van der Waals surface area contributed by atoms with Crippen molar-refractivity contribution < 1.29 is 0 Å². The van der Waals surface area contributed by atoms with E-state index in [1.54, 1.807) is 0 Å². The van der Waals surface area contributed by atoms with Gasteiger partial charge in [0.05, 0.1) is 4.58 Å². The van der Waals surface area contributed by atoms with E-state index in [1.807, 2.05) is 30.3 Å². The lowest BCUT2D eigenvalue weighted by atomic mass is 10.0. The molecule has 0 saturated heterocycles. The fraction of sp³-hybridized carbons (Fsp3) is 0.222. The van der Waals surface area contributed by atoms with Crippen LogP contribution in [0.4, 0.5) is 0 Å². The first-order chi connectivity index (χ1) is 5.22. The number of hydrogen-bond acceptors (Lipinski definition) is 2. The lowest BCUT2D eigenvalue weighted by Gasteiger charge is -2.13. The average molecular weight is 183 g/mol. The van der Waals surface area contributed by atoms with Gasteiger partial charge >= 0.3 is 0 Å². The molecule has 0 aliphatic heterocycles. The lowest BCUT2D eigenvalue weighted by Crippen LogP contribution is -2.02. The van der Waals surface area contributed by atoms with E-state index in [1.165, 1.54) is 5.56 Å². The molecule has 2 heteroatoms. The maximum absolute atomic E-state index is 4.21. The molecule has 0 bridgehead atoms. The van der Waals surface area contributed by atoms with Crippen LogP contribution in [-0.4, -0.2) is 4.58 Å². The summed E-state index contributed by atoms with van der Waals surface area (Å²) in [6, 6.07) is 10.1. The Hall–Kier alpha value is -0.0800. The molecule has 0 N–H and O–H groups in total. The maximum Gasteiger partial charge on any atom is 0.0510 e. The zero-order valence-electron chi connectivity index (χ0n) is 6.14. The van der Waals surface area contributed by atoms with Crippen LogP contribution >= 0.6 is 25.3 Å². The quantitative estimate of drug-likeness (QED) is 0.511. The average Bonchev–Trinajstić information content (AvgIpc) is 2.05. The van der Waals surface area contributed by atoms with Gasteiger partial charge in [0.25, 0.3) is 0 Å². The van der Waals surface area contributed by atoms with Gasteiger partial charge in [0.15, 0.2) is 0 Å². The van der Waals surface area contributed by atoms with Crippen molar-refractivity contribution in [1.29, 1.82) is 0 Å². The molecule has 59 valence electrons. The minimum atomic E-state index is 0.0115. The van der Waals surface area contributed by atoms with Gasteiger partial charge in [-0.05, 0) is 12.5 Å². The summed E-state index contributed by atoms with van der Waals surface area (Å²) in [5, 5.41) is 0. The third kappa shape index (κ3) is 2.46. The number of benzene rings is 1. The molecular weight excluding hydrogens is 172 g/mol. The van der Waals surface area contributed by atoms with E-state index in [0.29, 0.717) is 0 Å². The first-order valence-corrected chi connectivity index (χ1v) is 4.49. The summed E-state index contributed by atoms with van der Waals surface area (Å²) in [5.74, 6) is 0.155. The van der Waals surface area contributed by atoms with Gasteiger partial charge < -0.3 is 0 Å². The minimum absolute atomic E-state index is 0.0115. The summed E-state index contributed by atoms with van der Waals surface area (Å²) < 4.78 is 0.0115. The Morgan fingerprint density at radius 2 is 1.64 bits per heavy atom. The molecule has 1 aromatic rings. The molecular formula is C9H11S2. The van der Waals surface area contributed by atoms with Crippen molar-refractivity contribution in [2.75, 3.05) is 0 Å². The van der Waals surface area contributed by atoms with Crippen LogP contribution in [0.15, 0.2) is 30.3 Å². The SMILES string of the molecule is [CH2]C(c1ccccc1)C(S)S. The molecule has 0 spiro atoms. The van der Waals surface area contributed by atoms with E-state index in [0.717, 1.165) is 0 Å². The molecule has 0 aromatic heterocycles. The van der Waals surface area contributed by atoms with E-state index in [-0.39, 0.29) is 10.5 Å². The van der Waals surface area contributed by atoms with Crippen molar-refractivity contribution in [2.24, 2.45) is 0 Å². The van der Waals surface area contributed by atoms with Crippen LogP contribution in [0.1, 0.15) is 11.5 Å². The zero-order valence-corrected chi connectivity index (χ0v) is 7.93. The molecule has 1 radical (unpaired) electrons. The highest BCUT2D eigenvalue weighted by Gasteiger charge is 2.09. The number of hydrogen-bond donors (Lipinski definition) is 2. The second kappa shape index (κ2) is 4.07. The fourth-order valence-electron chi connectivity index (χ4n) is 0.872. The molecule has 0 aliphatic rings. The zero-order chi connectivity index (χ0) is 8.27.